The van der Waals surface area contributed by atoms with Crippen molar-refractivity contribution in [3.8, 4) is 11.5 Å². The molecule has 2 aromatic rings. The topological polar surface area (TPSA) is 68.0 Å². The van der Waals surface area contributed by atoms with Crippen molar-refractivity contribution in [1.29, 1.82) is 0 Å². The second kappa shape index (κ2) is 4.57. The molecule has 0 aliphatic heterocycles. The van der Waals surface area contributed by atoms with Crippen LogP contribution in [0.5, 0.6) is 0 Å². The first-order valence-electron chi connectivity index (χ1n) is 4.91. The van der Waals surface area contributed by atoms with Gasteiger partial charge < -0.3 is 9.67 Å². The summed E-state index contributed by atoms with van der Waals surface area (Å²) in [5.41, 5.74) is 0.748. The molecule has 0 aliphatic rings. The van der Waals surface area contributed by atoms with Gasteiger partial charge in [0.2, 0.25) is 0 Å². The largest absolute Gasteiger partial charge is 0.481 e. The zero-order valence-corrected chi connectivity index (χ0v) is 8.58. The van der Waals surface area contributed by atoms with Gasteiger partial charge in [-0.25, -0.2) is 4.98 Å². The van der Waals surface area contributed by atoms with Crippen LogP contribution in [0.3, 0.4) is 0 Å². The van der Waals surface area contributed by atoms with Gasteiger partial charge in [0.25, 0.3) is 0 Å². The molecule has 2 aromatic heterocycles. The SMILES string of the molecule is O=C(O)CCn1ccnc1-c1ccccn1. The van der Waals surface area contributed by atoms with Gasteiger partial charge in [-0.3, -0.25) is 9.78 Å². The zero-order valence-electron chi connectivity index (χ0n) is 8.58. The minimum absolute atomic E-state index is 0.0796. The average Bonchev–Trinajstić information content (AvgIpc) is 2.75. The predicted octanol–water partition coefficient (Wildman–Crippen LogP) is 1.42. The van der Waals surface area contributed by atoms with Crippen LogP contribution in [0.25, 0.3) is 11.5 Å². The number of hydrogen-bond donors (Lipinski definition) is 1. The number of nitrogens with zero attached hydrogens (tertiary/aromatic N) is 3. The van der Waals surface area contributed by atoms with Gasteiger partial charge in [-0.2, -0.15) is 0 Å². The van der Waals surface area contributed by atoms with Crippen LogP contribution < -0.4 is 0 Å². The Kier molecular flexibility index (Phi) is 2.95. The summed E-state index contributed by atoms with van der Waals surface area (Å²) in [5, 5.41) is 8.62. The Morgan fingerprint density at radius 2 is 2.19 bits per heavy atom. The Hall–Kier alpha value is -2.17. The third-order valence-electron chi connectivity index (χ3n) is 2.18. The van der Waals surface area contributed by atoms with Crippen molar-refractivity contribution in [1.82, 2.24) is 14.5 Å². The molecule has 0 fully saturated rings. The maximum atomic E-state index is 10.5. The fourth-order valence-corrected chi connectivity index (χ4v) is 1.43. The summed E-state index contributed by atoms with van der Waals surface area (Å²) in [7, 11) is 0. The van der Waals surface area contributed by atoms with E-state index in [9.17, 15) is 4.79 Å². The van der Waals surface area contributed by atoms with Crippen molar-refractivity contribution in [2.24, 2.45) is 0 Å². The number of aromatic nitrogens is 3. The van der Waals surface area contributed by atoms with Gasteiger partial charge >= 0.3 is 5.97 Å². The summed E-state index contributed by atoms with van der Waals surface area (Å²) in [6.07, 6.45) is 5.17. The van der Waals surface area contributed by atoms with E-state index < -0.39 is 5.97 Å². The Morgan fingerprint density at radius 3 is 2.88 bits per heavy atom. The number of pyridine rings is 1. The van der Waals surface area contributed by atoms with E-state index in [4.69, 9.17) is 5.11 Å². The minimum Gasteiger partial charge on any atom is -0.481 e. The van der Waals surface area contributed by atoms with Gasteiger partial charge in [-0.1, -0.05) is 6.07 Å². The molecule has 0 amide bonds. The van der Waals surface area contributed by atoms with E-state index >= 15 is 0 Å². The smallest absolute Gasteiger partial charge is 0.305 e. The number of carbonyl (C=O) groups is 1. The van der Waals surface area contributed by atoms with Crippen LogP contribution >= 0.6 is 0 Å². The predicted molar refractivity (Wildman–Crippen MR) is 57.7 cm³/mol. The highest BCUT2D eigenvalue weighted by Gasteiger charge is 2.07. The van der Waals surface area contributed by atoms with Crippen molar-refractivity contribution in [3.63, 3.8) is 0 Å². The first kappa shape index (κ1) is 10.4. The van der Waals surface area contributed by atoms with Gasteiger partial charge in [-0.15, -0.1) is 0 Å². The first-order valence-corrected chi connectivity index (χ1v) is 4.91. The summed E-state index contributed by atoms with van der Waals surface area (Å²) in [6, 6.07) is 5.55. The molecule has 0 aromatic carbocycles. The van der Waals surface area contributed by atoms with Crippen molar-refractivity contribution >= 4 is 5.97 Å². The van der Waals surface area contributed by atoms with E-state index in [2.05, 4.69) is 9.97 Å². The van der Waals surface area contributed by atoms with E-state index in [1.54, 1.807) is 23.2 Å². The quantitative estimate of drug-likeness (QED) is 0.840. The highest BCUT2D eigenvalue weighted by Crippen LogP contribution is 2.14. The number of carboxylic acids is 1. The van der Waals surface area contributed by atoms with Crippen LogP contribution in [0.15, 0.2) is 36.8 Å². The van der Waals surface area contributed by atoms with Crippen LogP contribution in [0, 0.1) is 0 Å². The summed E-state index contributed by atoms with van der Waals surface area (Å²) >= 11 is 0. The van der Waals surface area contributed by atoms with Crippen molar-refractivity contribution < 1.29 is 9.90 Å². The van der Waals surface area contributed by atoms with E-state index in [0.717, 1.165) is 5.69 Å². The standard InChI is InChI=1S/C11H11N3O2/c15-10(16)4-7-14-8-6-13-11(14)9-3-1-2-5-12-9/h1-3,5-6,8H,4,7H2,(H,15,16). The van der Waals surface area contributed by atoms with E-state index in [0.29, 0.717) is 12.4 Å². The van der Waals surface area contributed by atoms with Crippen LogP contribution in [-0.2, 0) is 11.3 Å². The molecule has 0 unspecified atom stereocenters. The average molecular weight is 217 g/mol. The molecule has 16 heavy (non-hydrogen) atoms. The molecule has 5 nitrogen and oxygen atoms in total. The molecule has 0 radical (unpaired) electrons. The Morgan fingerprint density at radius 1 is 1.31 bits per heavy atom. The van der Waals surface area contributed by atoms with Gasteiger partial charge in [0.15, 0.2) is 5.82 Å². The monoisotopic (exact) mass is 217 g/mol. The van der Waals surface area contributed by atoms with Crippen LogP contribution in [-0.4, -0.2) is 25.6 Å². The maximum Gasteiger partial charge on any atom is 0.305 e. The van der Waals surface area contributed by atoms with Gasteiger partial charge in [0, 0.05) is 25.1 Å². The zero-order chi connectivity index (χ0) is 11.4. The lowest BCUT2D eigenvalue weighted by Crippen LogP contribution is -2.05. The summed E-state index contributed by atoms with van der Waals surface area (Å²) < 4.78 is 1.79. The third-order valence-corrected chi connectivity index (χ3v) is 2.18. The second-order valence-corrected chi connectivity index (χ2v) is 3.30. The number of imidazole rings is 1. The fourth-order valence-electron chi connectivity index (χ4n) is 1.43. The molecule has 2 rings (SSSR count). The van der Waals surface area contributed by atoms with Crippen molar-refractivity contribution in [2.45, 2.75) is 13.0 Å². The molecule has 1 N–H and O–H groups in total. The van der Waals surface area contributed by atoms with Crippen molar-refractivity contribution in [2.75, 3.05) is 0 Å². The third kappa shape index (κ3) is 2.25. The molecule has 0 aliphatic carbocycles. The molecule has 0 saturated heterocycles. The molecule has 2 heterocycles. The lowest BCUT2D eigenvalue weighted by molar-refractivity contribution is -0.137. The normalized spacial score (nSPS) is 10.2. The Balaban J connectivity index is 2.23. The molecule has 5 heteroatoms. The maximum absolute atomic E-state index is 10.5. The Labute approximate surface area is 92.4 Å². The fraction of sp³-hybridized carbons (Fsp3) is 0.182. The molecule has 0 saturated carbocycles. The number of aliphatic carboxylic acids is 1. The molecule has 0 spiro atoms. The summed E-state index contributed by atoms with van der Waals surface area (Å²) in [6.45, 7) is 0.404. The van der Waals surface area contributed by atoms with E-state index in [1.807, 2.05) is 18.2 Å². The number of rotatable bonds is 4. The summed E-state index contributed by atoms with van der Waals surface area (Å²) in [4.78, 5) is 18.8. The molecular weight excluding hydrogens is 206 g/mol. The first-order chi connectivity index (χ1) is 7.77. The van der Waals surface area contributed by atoms with Crippen LogP contribution in [0.4, 0.5) is 0 Å². The van der Waals surface area contributed by atoms with Gasteiger partial charge in [-0.05, 0) is 12.1 Å². The lowest BCUT2D eigenvalue weighted by atomic mass is 10.3. The van der Waals surface area contributed by atoms with Gasteiger partial charge in [0.1, 0.15) is 5.69 Å². The van der Waals surface area contributed by atoms with Crippen molar-refractivity contribution in [3.05, 3.63) is 36.8 Å². The molecule has 82 valence electrons. The second-order valence-electron chi connectivity index (χ2n) is 3.30. The molecular formula is C11H11N3O2. The van der Waals surface area contributed by atoms with Crippen LogP contribution in [0.1, 0.15) is 6.42 Å². The molecule has 0 atom stereocenters. The lowest BCUT2D eigenvalue weighted by Gasteiger charge is -2.04. The van der Waals surface area contributed by atoms with Gasteiger partial charge in [0.05, 0.1) is 6.42 Å². The summed E-state index contributed by atoms with van der Waals surface area (Å²) in [5.74, 6) is -0.123. The minimum atomic E-state index is -0.819. The van der Waals surface area contributed by atoms with Crippen LogP contribution in [0.2, 0.25) is 0 Å². The number of carboxylic acid groups (broad SMARTS) is 1. The Bertz CT molecular complexity index is 479. The highest BCUT2D eigenvalue weighted by atomic mass is 16.4. The molecule has 0 bridgehead atoms. The number of hydrogen-bond acceptors (Lipinski definition) is 3. The highest BCUT2D eigenvalue weighted by molar-refractivity contribution is 5.66. The van der Waals surface area contributed by atoms with E-state index in [-0.39, 0.29) is 6.42 Å². The number of aryl methyl sites for hydroxylation is 1. The van der Waals surface area contributed by atoms with E-state index in [1.165, 1.54) is 0 Å².